The molecule has 86 valence electrons. The van der Waals surface area contributed by atoms with E-state index in [9.17, 15) is 9.59 Å². The summed E-state index contributed by atoms with van der Waals surface area (Å²) >= 11 is 0. The minimum Gasteiger partial charge on any atom is -0.477 e. The van der Waals surface area contributed by atoms with E-state index in [2.05, 4.69) is 11.9 Å². The van der Waals surface area contributed by atoms with E-state index in [1.54, 1.807) is 25.3 Å². The lowest BCUT2D eigenvalue weighted by atomic mass is 10.3. The molecule has 1 atom stereocenters. The molecule has 16 heavy (non-hydrogen) atoms. The van der Waals surface area contributed by atoms with Gasteiger partial charge in [0.1, 0.15) is 12.2 Å². The molecule has 5 heteroatoms. The summed E-state index contributed by atoms with van der Waals surface area (Å²) in [6.07, 6.45) is 3.16. The van der Waals surface area contributed by atoms with E-state index in [1.165, 1.54) is 10.6 Å². The van der Waals surface area contributed by atoms with E-state index in [4.69, 9.17) is 5.11 Å². The Labute approximate surface area is 93.4 Å². The third-order valence-corrected chi connectivity index (χ3v) is 2.10. The number of rotatable bonds is 5. The summed E-state index contributed by atoms with van der Waals surface area (Å²) in [7, 11) is 0. The van der Waals surface area contributed by atoms with Crippen LogP contribution in [0.15, 0.2) is 31.0 Å². The zero-order valence-electron chi connectivity index (χ0n) is 9.01. The maximum absolute atomic E-state index is 11.5. The number of carbonyl (C=O) groups excluding carboxylic acids is 1. The first kappa shape index (κ1) is 12.0. The van der Waals surface area contributed by atoms with E-state index in [0.29, 0.717) is 0 Å². The molecule has 1 heterocycles. The van der Waals surface area contributed by atoms with Crippen molar-refractivity contribution in [2.24, 2.45) is 0 Å². The molecule has 0 radical (unpaired) electrons. The SMILES string of the molecule is C=CC(C)NC(=O)Cn1cccc1C(=O)O. The molecule has 0 saturated heterocycles. The summed E-state index contributed by atoms with van der Waals surface area (Å²) in [6, 6.07) is 2.91. The second kappa shape index (κ2) is 5.16. The first-order chi connectivity index (χ1) is 7.54. The largest absolute Gasteiger partial charge is 0.477 e. The Bertz CT molecular complexity index is 409. The van der Waals surface area contributed by atoms with Crippen LogP contribution in [0, 0.1) is 0 Å². The number of hydrogen-bond acceptors (Lipinski definition) is 2. The highest BCUT2D eigenvalue weighted by Crippen LogP contribution is 2.02. The lowest BCUT2D eigenvalue weighted by Crippen LogP contribution is -2.34. The Hall–Kier alpha value is -2.04. The van der Waals surface area contributed by atoms with Gasteiger partial charge in [0.2, 0.25) is 5.91 Å². The third-order valence-electron chi connectivity index (χ3n) is 2.10. The van der Waals surface area contributed by atoms with Gasteiger partial charge in [-0.1, -0.05) is 6.08 Å². The Morgan fingerprint density at radius 1 is 1.69 bits per heavy atom. The van der Waals surface area contributed by atoms with E-state index < -0.39 is 5.97 Å². The van der Waals surface area contributed by atoms with Crippen molar-refractivity contribution in [3.8, 4) is 0 Å². The molecular weight excluding hydrogens is 208 g/mol. The minimum atomic E-state index is -1.05. The van der Waals surface area contributed by atoms with Crippen LogP contribution in [0.3, 0.4) is 0 Å². The zero-order chi connectivity index (χ0) is 12.1. The molecule has 1 unspecified atom stereocenters. The van der Waals surface area contributed by atoms with Crippen LogP contribution in [-0.4, -0.2) is 27.6 Å². The average Bonchev–Trinajstić information content (AvgIpc) is 2.65. The summed E-state index contributed by atoms with van der Waals surface area (Å²) in [5, 5.41) is 11.5. The van der Waals surface area contributed by atoms with Crippen LogP contribution in [0.5, 0.6) is 0 Å². The molecule has 5 nitrogen and oxygen atoms in total. The van der Waals surface area contributed by atoms with Crippen LogP contribution in [0.2, 0.25) is 0 Å². The van der Waals surface area contributed by atoms with Gasteiger partial charge in [0.15, 0.2) is 0 Å². The zero-order valence-corrected chi connectivity index (χ0v) is 9.01. The van der Waals surface area contributed by atoms with Gasteiger partial charge in [0.05, 0.1) is 0 Å². The standard InChI is InChI=1S/C11H14N2O3/c1-3-8(2)12-10(14)7-13-6-4-5-9(13)11(15)16/h3-6,8H,1,7H2,2H3,(H,12,14)(H,15,16). The summed E-state index contributed by atoms with van der Waals surface area (Å²) < 4.78 is 1.38. The molecule has 0 spiro atoms. The maximum atomic E-state index is 11.5. The van der Waals surface area contributed by atoms with Crippen LogP contribution < -0.4 is 5.32 Å². The maximum Gasteiger partial charge on any atom is 0.352 e. The number of carboxylic acids is 1. The summed E-state index contributed by atoms with van der Waals surface area (Å²) in [5.74, 6) is -1.29. The number of nitrogens with one attached hydrogen (secondary N) is 1. The number of aromatic carboxylic acids is 1. The van der Waals surface area contributed by atoms with Crippen LogP contribution in [0.4, 0.5) is 0 Å². The van der Waals surface area contributed by atoms with Crippen molar-refractivity contribution in [1.29, 1.82) is 0 Å². The van der Waals surface area contributed by atoms with Crippen molar-refractivity contribution in [3.05, 3.63) is 36.7 Å². The number of hydrogen-bond donors (Lipinski definition) is 2. The molecule has 1 aromatic heterocycles. The number of aromatic nitrogens is 1. The molecule has 0 aliphatic heterocycles. The van der Waals surface area contributed by atoms with Gasteiger partial charge in [0, 0.05) is 12.2 Å². The number of nitrogens with zero attached hydrogens (tertiary/aromatic N) is 1. The quantitative estimate of drug-likeness (QED) is 0.726. The van der Waals surface area contributed by atoms with Crippen LogP contribution in [0.1, 0.15) is 17.4 Å². The fourth-order valence-corrected chi connectivity index (χ4v) is 1.26. The first-order valence-corrected chi connectivity index (χ1v) is 4.85. The van der Waals surface area contributed by atoms with Crippen LogP contribution >= 0.6 is 0 Å². The van der Waals surface area contributed by atoms with Crippen molar-refractivity contribution in [2.75, 3.05) is 0 Å². The van der Waals surface area contributed by atoms with Crippen LogP contribution in [0.25, 0.3) is 0 Å². The van der Waals surface area contributed by atoms with Gasteiger partial charge in [-0.05, 0) is 19.1 Å². The van der Waals surface area contributed by atoms with Crippen molar-refractivity contribution in [2.45, 2.75) is 19.5 Å². The van der Waals surface area contributed by atoms with Gasteiger partial charge in [-0.2, -0.15) is 0 Å². The molecule has 0 fully saturated rings. The fraction of sp³-hybridized carbons (Fsp3) is 0.273. The highest BCUT2D eigenvalue weighted by molar-refractivity contribution is 5.86. The molecule has 0 bridgehead atoms. The fourth-order valence-electron chi connectivity index (χ4n) is 1.26. The lowest BCUT2D eigenvalue weighted by Gasteiger charge is -2.10. The normalized spacial score (nSPS) is 11.8. The van der Waals surface area contributed by atoms with Crippen LogP contribution in [-0.2, 0) is 11.3 Å². The number of amides is 1. The predicted molar refractivity (Wildman–Crippen MR) is 59.2 cm³/mol. The Morgan fingerprint density at radius 2 is 2.38 bits per heavy atom. The van der Waals surface area contributed by atoms with Crippen molar-refractivity contribution >= 4 is 11.9 Å². The summed E-state index contributed by atoms with van der Waals surface area (Å²) in [6.45, 7) is 5.32. The molecule has 0 aliphatic rings. The smallest absolute Gasteiger partial charge is 0.352 e. The molecule has 1 aromatic rings. The van der Waals surface area contributed by atoms with E-state index in [0.717, 1.165) is 0 Å². The van der Waals surface area contributed by atoms with Crippen molar-refractivity contribution < 1.29 is 14.7 Å². The lowest BCUT2D eigenvalue weighted by molar-refractivity contribution is -0.122. The van der Waals surface area contributed by atoms with Gasteiger partial charge in [-0.15, -0.1) is 6.58 Å². The Kier molecular flexibility index (Phi) is 3.88. The minimum absolute atomic E-state index is 0.00713. The Morgan fingerprint density at radius 3 is 2.94 bits per heavy atom. The average molecular weight is 222 g/mol. The number of carboxylic acid groups (broad SMARTS) is 1. The van der Waals surface area contributed by atoms with Crippen molar-refractivity contribution in [1.82, 2.24) is 9.88 Å². The molecule has 2 N–H and O–H groups in total. The molecular formula is C11H14N2O3. The van der Waals surface area contributed by atoms with Gasteiger partial charge >= 0.3 is 5.97 Å². The first-order valence-electron chi connectivity index (χ1n) is 4.85. The molecule has 1 amide bonds. The van der Waals surface area contributed by atoms with Crippen molar-refractivity contribution in [3.63, 3.8) is 0 Å². The van der Waals surface area contributed by atoms with E-state index in [-0.39, 0.29) is 24.2 Å². The summed E-state index contributed by atoms with van der Waals surface area (Å²) in [4.78, 5) is 22.3. The Balaban J connectivity index is 2.66. The second-order valence-corrected chi connectivity index (χ2v) is 3.42. The highest BCUT2D eigenvalue weighted by Gasteiger charge is 2.11. The number of carbonyl (C=O) groups is 2. The topological polar surface area (TPSA) is 71.3 Å². The van der Waals surface area contributed by atoms with Gasteiger partial charge in [-0.25, -0.2) is 4.79 Å². The molecule has 0 aliphatic carbocycles. The van der Waals surface area contributed by atoms with Gasteiger partial charge in [0.25, 0.3) is 0 Å². The van der Waals surface area contributed by atoms with Gasteiger partial charge < -0.3 is 15.0 Å². The molecule has 1 rings (SSSR count). The van der Waals surface area contributed by atoms with E-state index >= 15 is 0 Å². The second-order valence-electron chi connectivity index (χ2n) is 3.42. The third kappa shape index (κ3) is 2.98. The van der Waals surface area contributed by atoms with E-state index in [1.807, 2.05) is 0 Å². The molecule has 0 aromatic carbocycles. The predicted octanol–water partition coefficient (Wildman–Crippen LogP) is 0.877. The monoisotopic (exact) mass is 222 g/mol. The molecule has 0 saturated carbocycles. The van der Waals surface area contributed by atoms with Gasteiger partial charge in [-0.3, -0.25) is 4.79 Å². The highest BCUT2D eigenvalue weighted by atomic mass is 16.4. The summed E-state index contributed by atoms with van der Waals surface area (Å²) in [5.41, 5.74) is 0.0985.